The molecule has 20 heavy (non-hydrogen) atoms. The predicted octanol–water partition coefficient (Wildman–Crippen LogP) is 1.71. The van der Waals surface area contributed by atoms with Gasteiger partial charge in [-0.3, -0.25) is 4.79 Å². The van der Waals surface area contributed by atoms with Crippen LogP contribution in [-0.4, -0.2) is 61.0 Å². The molecule has 0 atom stereocenters. The average Bonchev–Trinajstić information content (AvgIpc) is 2.84. The van der Waals surface area contributed by atoms with Gasteiger partial charge in [0.05, 0.1) is 5.54 Å². The third kappa shape index (κ3) is 4.45. The van der Waals surface area contributed by atoms with Crippen molar-refractivity contribution in [1.82, 2.24) is 15.1 Å². The highest BCUT2D eigenvalue weighted by Crippen LogP contribution is 2.25. The van der Waals surface area contributed by atoms with Crippen LogP contribution in [0.25, 0.3) is 0 Å². The minimum absolute atomic E-state index is 0.0167. The van der Waals surface area contributed by atoms with Crippen LogP contribution in [0.2, 0.25) is 0 Å². The van der Waals surface area contributed by atoms with Gasteiger partial charge in [0.2, 0.25) is 5.91 Å². The number of amides is 1. The number of carbonyl (C=O) groups excluding carboxylic acids is 1. The molecule has 2 aliphatic heterocycles. The Kier molecular flexibility index (Phi) is 5.44. The first kappa shape index (κ1) is 15.8. The van der Waals surface area contributed by atoms with Gasteiger partial charge in [0.15, 0.2) is 0 Å². The predicted molar refractivity (Wildman–Crippen MR) is 82.7 cm³/mol. The lowest BCUT2D eigenvalue weighted by Gasteiger charge is -2.43. The summed E-state index contributed by atoms with van der Waals surface area (Å²) >= 11 is 0. The first-order valence-corrected chi connectivity index (χ1v) is 8.21. The number of nitrogens with one attached hydrogen (secondary N) is 1. The van der Waals surface area contributed by atoms with Crippen LogP contribution in [0.1, 0.15) is 46.0 Å². The average molecular weight is 281 g/mol. The molecule has 2 heterocycles. The van der Waals surface area contributed by atoms with Gasteiger partial charge in [0.1, 0.15) is 0 Å². The smallest absolute Gasteiger partial charge is 0.220 e. The van der Waals surface area contributed by atoms with E-state index in [9.17, 15) is 4.79 Å². The van der Waals surface area contributed by atoms with Crippen LogP contribution >= 0.6 is 0 Å². The summed E-state index contributed by atoms with van der Waals surface area (Å²) in [6, 6.07) is 0. The van der Waals surface area contributed by atoms with Crippen LogP contribution in [-0.2, 0) is 4.79 Å². The number of hydrogen-bond donors (Lipinski definition) is 1. The molecular formula is C16H31N3O. The topological polar surface area (TPSA) is 35.6 Å². The maximum Gasteiger partial charge on any atom is 0.220 e. The number of carbonyl (C=O) groups is 1. The first-order valence-electron chi connectivity index (χ1n) is 8.21. The summed E-state index contributed by atoms with van der Waals surface area (Å²) in [5, 5.41) is 3.40. The molecule has 0 unspecified atom stereocenters. The Bertz CT molecular complexity index is 316. The van der Waals surface area contributed by atoms with Gasteiger partial charge in [-0.05, 0) is 51.7 Å². The molecule has 2 fully saturated rings. The Morgan fingerprint density at radius 1 is 1.15 bits per heavy atom. The maximum atomic E-state index is 12.2. The van der Waals surface area contributed by atoms with E-state index in [1.165, 1.54) is 25.9 Å². The molecule has 0 aliphatic carbocycles. The highest BCUT2D eigenvalue weighted by molar-refractivity contribution is 5.77. The zero-order chi connectivity index (χ0) is 14.6. The molecule has 0 radical (unpaired) electrons. The minimum atomic E-state index is 0.0167. The van der Waals surface area contributed by atoms with Gasteiger partial charge in [0, 0.05) is 26.1 Å². The summed E-state index contributed by atoms with van der Waals surface area (Å²) in [6.45, 7) is 9.87. The minimum Gasteiger partial charge on any atom is -0.349 e. The van der Waals surface area contributed by atoms with E-state index in [1.54, 1.807) is 0 Å². The van der Waals surface area contributed by atoms with Crippen molar-refractivity contribution in [3.05, 3.63) is 0 Å². The summed E-state index contributed by atoms with van der Waals surface area (Å²) in [5.41, 5.74) is 0.0167. The van der Waals surface area contributed by atoms with Crippen LogP contribution in [0.3, 0.4) is 0 Å². The summed E-state index contributed by atoms with van der Waals surface area (Å²) < 4.78 is 0. The van der Waals surface area contributed by atoms with Crippen LogP contribution in [0.15, 0.2) is 0 Å². The van der Waals surface area contributed by atoms with Crippen LogP contribution < -0.4 is 5.32 Å². The lowest BCUT2D eigenvalue weighted by atomic mass is 9.86. The Morgan fingerprint density at radius 3 is 2.30 bits per heavy atom. The summed E-state index contributed by atoms with van der Waals surface area (Å²) in [5.74, 6) is 0.675. The zero-order valence-corrected chi connectivity index (χ0v) is 13.5. The van der Waals surface area contributed by atoms with Crippen molar-refractivity contribution < 1.29 is 4.79 Å². The zero-order valence-electron chi connectivity index (χ0n) is 13.5. The Balaban J connectivity index is 1.97. The fourth-order valence-corrected chi connectivity index (χ4v) is 3.46. The molecule has 4 heteroatoms. The van der Waals surface area contributed by atoms with Gasteiger partial charge in [-0.25, -0.2) is 0 Å². The van der Waals surface area contributed by atoms with Crippen molar-refractivity contribution in [3.8, 4) is 0 Å². The van der Waals surface area contributed by atoms with Crippen molar-refractivity contribution >= 4 is 5.91 Å². The van der Waals surface area contributed by atoms with Crippen molar-refractivity contribution in [2.24, 2.45) is 5.92 Å². The van der Waals surface area contributed by atoms with Crippen LogP contribution in [0.4, 0.5) is 0 Å². The number of piperidine rings is 1. The molecule has 116 valence electrons. The van der Waals surface area contributed by atoms with Gasteiger partial charge in [-0.15, -0.1) is 0 Å². The Hall–Kier alpha value is -0.610. The third-order valence-corrected chi connectivity index (χ3v) is 4.67. The molecule has 1 amide bonds. The van der Waals surface area contributed by atoms with Gasteiger partial charge >= 0.3 is 0 Å². The molecule has 0 aromatic carbocycles. The number of rotatable bonds is 5. The lowest BCUT2D eigenvalue weighted by Crippen LogP contribution is -2.60. The SMILES string of the molecule is CC(C)CC(=O)NC1(CN2CCCC2)CCN(C)CC1. The van der Waals surface area contributed by atoms with Crippen molar-refractivity contribution in [3.63, 3.8) is 0 Å². The van der Waals surface area contributed by atoms with Crippen LogP contribution in [0, 0.1) is 5.92 Å². The molecule has 0 aromatic heterocycles. The molecule has 4 nitrogen and oxygen atoms in total. The highest BCUT2D eigenvalue weighted by atomic mass is 16.1. The molecule has 2 saturated heterocycles. The van der Waals surface area contributed by atoms with Crippen LogP contribution in [0.5, 0.6) is 0 Å². The second-order valence-corrected chi connectivity index (χ2v) is 7.21. The molecule has 2 rings (SSSR count). The second kappa shape index (κ2) is 6.90. The maximum absolute atomic E-state index is 12.2. The molecule has 0 spiro atoms. The quantitative estimate of drug-likeness (QED) is 0.833. The second-order valence-electron chi connectivity index (χ2n) is 7.21. The van der Waals surface area contributed by atoms with E-state index in [0.717, 1.165) is 32.5 Å². The fourth-order valence-electron chi connectivity index (χ4n) is 3.46. The summed E-state index contributed by atoms with van der Waals surface area (Å²) in [4.78, 5) is 17.2. The van der Waals surface area contributed by atoms with E-state index in [2.05, 4.69) is 36.0 Å². The fraction of sp³-hybridized carbons (Fsp3) is 0.938. The Labute approximate surface area is 123 Å². The van der Waals surface area contributed by atoms with E-state index >= 15 is 0 Å². The standard InChI is InChI=1S/C16H31N3O/c1-14(2)12-15(20)17-16(6-10-18(3)11-7-16)13-19-8-4-5-9-19/h14H,4-13H2,1-3H3,(H,17,20). The van der Waals surface area contributed by atoms with Gasteiger partial charge < -0.3 is 15.1 Å². The van der Waals surface area contributed by atoms with E-state index < -0.39 is 0 Å². The van der Waals surface area contributed by atoms with E-state index in [-0.39, 0.29) is 11.4 Å². The monoisotopic (exact) mass is 281 g/mol. The van der Waals surface area contributed by atoms with Gasteiger partial charge in [-0.2, -0.15) is 0 Å². The third-order valence-electron chi connectivity index (χ3n) is 4.67. The summed E-state index contributed by atoms with van der Waals surface area (Å²) in [7, 11) is 2.18. The number of likely N-dealkylation sites (tertiary alicyclic amines) is 2. The summed E-state index contributed by atoms with van der Waals surface area (Å²) in [6.07, 6.45) is 5.46. The molecule has 0 bridgehead atoms. The van der Waals surface area contributed by atoms with Crippen molar-refractivity contribution in [1.29, 1.82) is 0 Å². The van der Waals surface area contributed by atoms with Gasteiger partial charge in [0.25, 0.3) is 0 Å². The molecule has 1 N–H and O–H groups in total. The van der Waals surface area contributed by atoms with Gasteiger partial charge in [-0.1, -0.05) is 13.8 Å². The van der Waals surface area contributed by atoms with Crippen molar-refractivity contribution in [2.45, 2.75) is 51.5 Å². The lowest BCUT2D eigenvalue weighted by molar-refractivity contribution is -0.124. The Morgan fingerprint density at radius 2 is 1.75 bits per heavy atom. The molecule has 0 aromatic rings. The molecular weight excluding hydrogens is 250 g/mol. The van der Waals surface area contributed by atoms with Crippen molar-refractivity contribution in [2.75, 3.05) is 39.8 Å². The normalized spacial score (nSPS) is 24.2. The largest absolute Gasteiger partial charge is 0.349 e. The van der Waals surface area contributed by atoms with E-state index in [1.807, 2.05) is 0 Å². The molecule has 2 aliphatic rings. The van der Waals surface area contributed by atoms with E-state index in [4.69, 9.17) is 0 Å². The number of nitrogens with zero attached hydrogens (tertiary/aromatic N) is 2. The first-order chi connectivity index (χ1) is 9.49. The van der Waals surface area contributed by atoms with E-state index in [0.29, 0.717) is 12.3 Å². The molecule has 0 saturated carbocycles. The highest BCUT2D eigenvalue weighted by Gasteiger charge is 2.37. The number of hydrogen-bond acceptors (Lipinski definition) is 3.